The average Bonchev–Trinajstić information content (AvgIpc) is 2.37. The molecule has 0 aromatic rings. The average molecular weight is 284 g/mol. The van der Waals surface area contributed by atoms with Crippen molar-refractivity contribution >= 4 is 0 Å². The van der Waals surface area contributed by atoms with E-state index in [1.54, 1.807) is 0 Å². The summed E-state index contributed by atoms with van der Waals surface area (Å²) in [4.78, 5) is 0. The zero-order valence-electron chi connectivity index (χ0n) is 14.5. The van der Waals surface area contributed by atoms with Gasteiger partial charge in [0, 0.05) is 13.2 Å². The maximum absolute atomic E-state index is 5.60. The Labute approximate surface area is 127 Å². The van der Waals surface area contributed by atoms with Crippen molar-refractivity contribution in [3.63, 3.8) is 0 Å². The van der Waals surface area contributed by atoms with Crippen LogP contribution in [0.5, 0.6) is 0 Å². The predicted octanol–water partition coefficient (Wildman–Crippen LogP) is 4.49. The molecule has 0 spiro atoms. The molecular formula is C18H37NO. The van der Waals surface area contributed by atoms with E-state index in [0.29, 0.717) is 11.3 Å². The van der Waals surface area contributed by atoms with Crippen molar-refractivity contribution in [3.05, 3.63) is 0 Å². The third kappa shape index (κ3) is 7.64. The number of nitrogens with one attached hydrogen (secondary N) is 1. The van der Waals surface area contributed by atoms with E-state index in [1.165, 1.54) is 32.2 Å². The molecule has 0 aliphatic heterocycles. The van der Waals surface area contributed by atoms with E-state index in [9.17, 15) is 0 Å². The lowest BCUT2D eigenvalue weighted by atomic mass is 9.70. The van der Waals surface area contributed by atoms with Crippen molar-refractivity contribution in [2.75, 3.05) is 26.3 Å². The lowest BCUT2D eigenvalue weighted by Gasteiger charge is -2.37. The van der Waals surface area contributed by atoms with Crippen LogP contribution in [0.25, 0.3) is 0 Å². The summed E-state index contributed by atoms with van der Waals surface area (Å²) >= 11 is 0. The molecule has 2 heteroatoms. The van der Waals surface area contributed by atoms with Crippen LogP contribution in [0.15, 0.2) is 0 Å². The predicted molar refractivity (Wildman–Crippen MR) is 88.0 cm³/mol. The highest BCUT2D eigenvalue weighted by molar-refractivity contribution is 4.81. The summed E-state index contributed by atoms with van der Waals surface area (Å²) in [5.41, 5.74) is 0.506. The molecule has 0 saturated heterocycles. The molecule has 0 bridgehead atoms. The van der Waals surface area contributed by atoms with Gasteiger partial charge in [0.2, 0.25) is 0 Å². The van der Waals surface area contributed by atoms with Crippen molar-refractivity contribution < 1.29 is 4.74 Å². The smallest absolute Gasteiger partial charge is 0.0489 e. The zero-order chi connectivity index (χ0) is 15.0. The molecule has 1 fully saturated rings. The summed E-state index contributed by atoms with van der Waals surface area (Å²) in [6, 6.07) is 0. The standard InChI is InChI=1S/C18H37NO/c1-15(2)14-20-12-6-11-19-13-16-7-9-17(10-8-16)18(3,4)5/h15-17,19H,6-14H2,1-5H3. The Morgan fingerprint density at radius 2 is 1.75 bits per heavy atom. The largest absolute Gasteiger partial charge is 0.381 e. The van der Waals surface area contributed by atoms with Crippen molar-refractivity contribution in [3.8, 4) is 0 Å². The molecule has 1 aliphatic rings. The molecule has 1 aliphatic carbocycles. The molecule has 1 N–H and O–H groups in total. The summed E-state index contributed by atoms with van der Waals surface area (Å²) in [6.45, 7) is 15.7. The van der Waals surface area contributed by atoms with Crippen molar-refractivity contribution in [1.29, 1.82) is 0 Å². The third-order valence-corrected chi connectivity index (χ3v) is 4.60. The minimum atomic E-state index is 0.506. The van der Waals surface area contributed by atoms with Gasteiger partial charge in [-0.3, -0.25) is 0 Å². The van der Waals surface area contributed by atoms with Crippen LogP contribution < -0.4 is 5.32 Å². The highest BCUT2D eigenvalue weighted by atomic mass is 16.5. The lowest BCUT2D eigenvalue weighted by molar-refractivity contribution is 0.107. The summed E-state index contributed by atoms with van der Waals surface area (Å²) in [5.74, 6) is 2.49. The van der Waals surface area contributed by atoms with E-state index in [0.717, 1.165) is 38.0 Å². The van der Waals surface area contributed by atoms with Gasteiger partial charge >= 0.3 is 0 Å². The van der Waals surface area contributed by atoms with Gasteiger partial charge in [-0.25, -0.2) is 0 Å². The molecule has 0 aromatic carbocycles. The Hall–Kier alpha value is -0.0800. The molecule has 0 amide bonds. The fraction of sp³-hybridized carbons (Fsp3) is 1.00. The Morgan fingerprint density at radius 3 is 2.30 bits per heavy atom. The topological polar surface area (TPSA) is 21.3 Å². The third-order valence-electron chi connectivity index (χ3n) is 4.60. The minimum absolute atomic E-state index is 0.506. The van der Waals surface area contributed by atoms with Crippen LogP contribution in [-0.2, 0) is 4.74 Å². The van der Waals surface area contributed by atoms with Gasteiger partial charge in [-0.05, 0) is 68.4 Å². The van der Waals surface area contributed by atoms with E-state index < -0.39 is 0 Å². The van der Waals surface area contributed by atoms with Crippen LogP contribution in [0.3, 0.4) is 0 Å². The first-order valence-corrected chi connectivity index (χ1v) is 8.68. The van der Waals surface area contributed by atoms with Crippen LogP contribution in [0, 0.1) is 23.2 Å². The quantitative estimate of drug-likeness (QED) is 0.663. The van der Waals surface area contributed by atoms with Gasteiger partial charge in [-0.2, -0.15) is 0 Å². The fourth-order valence-corrected chi connectivity index (χ4v) is 3.16. The number of hydrogen-bond acceptors (Lipinski definition) is 2. The van der Waals surface area contributed by atoms with Gasteiger partial charge in [0.25, 0.3) is 0 Å². The zero-order valence-corrected chi connectivity index (χ0v) is 14.5. The second-order valence-corrected chi connectivity index (χ2v) is 8.11. The summed E-state index contributed by atoms with van der Waals surface area (Å²) < 4.78 is 5.60. The van der Waals surface area contributed by atoms with E-state index in [2.05, 4.69) is 39.9 Å². The number of ether oxygens (including phenoxy) is 1. The first-order chi connectivity index (χ1) is 9.39. The molecule has 120 valence electrons. The van der Waals surface area contributed by atoms with Gasteiger partial charge in [0.05, 0.1) is 0 Å². The summed E-state index contributed by atoms with van der Waals surface area (Å²) in [6.07, 6.45) is 6.82. The van der Waals surface area contributed by atoms with Gasteiger partial charge in [-0.1, -0.05) is 34.6 Å². The molecule has 0 aromatic heterocycles. The van der Waals surface area contributed by atoms with Crippen LogP contribution in [0.1, 0.15) is 66.7 Å². The highest BCUT2D eigenvalue weighted by Gasteiger charge is 2.29. The van der Waals surface area contributed by atoms with Crippen molar-refractivity contribution in [2.24, 2.45) is 23.2 Å². The Morgan fingerprint density at radius 1 is 1.10 bits per heavy atom. The van der Waals surface area contributed by atoms with E-state index >= 15 is 0 Å². The normalized spacial score (nSPS) is 24.3. The van der Waals surface area contributed by atoms with Crippen LogP contribution >= 0.6 is 0 Å². The van der Waals surface area contributed by atoms with Crippen LogP contribution in [0.2, 0.25) is 0 Å². The first kappa shape index (κ1) is 18.0. The summed E-state index contributed by atoms with van der Waals surface area (Å²) in [7, 11) is 0. The second-order valence-electron chi connectivity index (χ2n) is 8.11. The van der Waals surface area contributed by atoms with E-state index in [-0.39, 0.29) is 0 Å². The lowest BCUT2D eigenvalue weighted by Crippen LogP contribution is -2.31. The van der Waals surface area contributed by atoms with Gasteiger partial charge in [0.15, 0.2) is 0 Å². The molecule has 0 heterocycles. The van der Waals surface area contributed by atoms with Gasteiger partial charge < -0.3 is 10.1 Å². The van der Waals surface area contributed by atoms with Crippen LogP contribution in [-0.4, -0.2) is 26.3 Å². The molecule has 2 nitrogen and oxygen atoms in total. The molecule has 0 atom stereocenters. The van der Waals surface area contributed by atoms with Crippen molar-refractivity contribution in [1.82, 2.24) is 5.32 Å². The Bertz CT molecular complexity index is 236. The second kappa shape index (κ2) is 9.04. The molecule has 20 heavy (non-hydrogen) atoms. The first-order valence-electron chi connectivity index (χ1n) is 8.68. The van der Waals surface area contributed by atoms with Crippen molar-refractivity contribution in [2.45, 2.75) is 66.7 Å². The minimum Gasteiger partial charge on any atom is -0.381 e. The monoisotopic (exact) mass is 283 g/mol. The Balaban J connectivity index is 1.97. The van der Waals surface area contributed by atoms with E-state index in [1.807, 2.05) is 0 Å². The maximum Gasteiger partial charge on any atom is 0.0489 e. The Kier molecular flexibility index (Phi) is 8.13. The highest BCUT2D eigenvalue weighted by Crippen LogP contribution is 2.39. The molecule has 1 saturated carbocycles. The van der Waals surface area contributed by atoms with Gasteiger partial charge in [-0.15, -0.1) is 0 Å². The molecule has 0 unspecified atom stereocenters. The molecular weight excluding hydrogens is 246 g/mol. The maximum atomic E-state index is 5.60. The number of rotatable bonds is 8. The summed E-state index contributed by atoms with van der Waals surface area (Å²) in [5, 5.41) is 3.62. The van der Waals surface area contributed by atoms with Gasteiger partial charge in [0.1, 0.15) is 0 Å². The SMILES string of the molecule is CC(C)COCCCNCC1CCC(C(C)(C)C)CC1. The van der Waals surface area contributed by atoms with E-state index in [4.69, 9.17) is 4.74 Å². The van der Waals surface area contributed by atoms with Crippen LogP contribution in [0.4, 0.5) is 0 Å². The molecule has 0 radical (unpaired) electrons. The number of hydrogen-bond donors (Lipinski definition) is 1. The molecule has 1 rings (SSSR count). The fourth-order valence-electron chi connectivity index (χ4n) is 3.16.